The van der Waals surface area contributed by atoms with E-state index in [2.05, 4.69) is 14.5 Å². The molecule has 3 saturated heterocycles. The number of rotatable bonds is 4. The molecule has 2 atom stereocenters. The van der Waals surface area contributed by atoms with Crippen LogP contribution < -0.4 is 4.90 Å². The van der Waals surface area contributed by atoms with Crippen LogP contribution in [-0.4, -0.2) is 78.1 Å². The highest BCUT2D eigenvalue weighted by atomic mass is 32.3. The molecule has 3 fully saturated rings. The molecule has 3 aliphatic heterocycles. The Morgan fingerprint density at radius 3 is 2.72 bits per heavy atom. The van der Waals surface area contributed by atoms with Crippen LogP contribution in [0.2, 0.25) is 0 Å². The number of piperidine rings is 1. The van der Waals surface area contributed by atoms with E-state index >= 15 is 0 Å². The zero-order valence-electron chi connectivity index (χ0n) is 14.1. The zero-order chi connectivity index (χ0) is 17.6. The fourth-order valence-corrected chi connectivity index (χ4v) is 3.71. The van der Waals surface area contributed by atoms with Crippen LogP contribution in [0.4, 0.5) is 10.8 Å². The molecule has 0 radical (unpaired) electrons. The van der Waals surface area contributed by atoms with E-state index < -0.39 is 28.5 Å². The molecule has 25 heavy (non-hydrogen) atoms. The van der Waals surface area contributed by atoms with Crippen LogP contribution in [0.15, 0.2) is 4.42 Å². The minimum absolute atomic E-state index is 0. The number of morpholine rings is 1. The first-order valence-electron chi connectivity index (χ1n) is 7.84. The maximum atomic E-state index is 12.4. The molecule has 3 aliphatic rings. The highest BCUT2D eigenvalue weighted by Gasteiger charge is 2.48. The van der Waals surface area contributed by atoms with Gasteiger partial charge in [-0.3, -0.25) is 0 Å². The first-order chi connectivity index (χ1) is 11.9. The van der Waals surface area contributed by atoms with E-state index in [1.165, 1.54) is 4.90 Å². The molecule has 0 unspecified atom stereocenters. The number of urea groups is 1. The van der Waals surface area contributed by atoms with E-state index in [1.807, 2.05) is 4.90 Å². The molecule has 0 saturated carbocycles. The number of nitrogens with zero attached hydrogens (tertiary/aromatic N) is 5. The number of carbonyl (C=O) groups excluding carboxylic acids is 1. The second kappa shape index (κ2) is 6.09. The number of amides is 2. The van der Waals surface area contributed by atoms with Gasteiger partial charge in [0.1, 0.15) is 6.04 Å². The fourth-order valence-electron chi connectivity index (χ4n) is 3.33. The third-order valence-corrected chi connectivity index (χ3v) is 4.83. The minimum atomic E-state index is -5.01. The number of hydroxylamine groups is 2. The van der Waals surface area contributed by atoms with Crippen molar-refractivity contribution in [3.63, 3.8) is 0 Å². The first kappa shape index (κ1) is 16.5. The number of hydrogen-bond acceptors (Lipinski definition) is 10. The number of anilines is 1. The Kier molecular flexibility index (Phi) is 4.02. The Hall–Kier alpha value is -1.96. The first-order valence-corrected chi connectivity index (χ1v) is 9.17. The van der Waals surface area contributed by atoms with Gasteiger partial charge in [-0.25, -0.2) is 13.2 Å². The van der Waals surface area contributed by atoms with Gasteiger partial charge >= 0.3 is 13.5 Å². The Labute approximate surface area is 144 Å². The van der Waals surface area contributed by atoms with Gasteiger partial charge in [0.2, 0.25) is 16.3 Å². The van der Waals surface area contributed by atoms with Crippen molar-refractivity contribution >= 4 is 22.4 Å². The lowest BCUT2D eigenvalue weighted by atomic mass is 10.0. The second-order valence-electron chi connectivity index (χ2n) is 6.01. The van der Waals surface area contributed by atoms with Crippen molar-refractivity contribution in [3.8, 4) is 0 Å². The summed E-state index contributed by atoms with van der Waals surface area (Å²) in [6, 6.07) is -1.30. The number of carbonyl (C=O) groups is 1. The van der Waals surface area contributed by atoms with Crippen molar-refractivity contribution in [2.24, 2.45) is 0 Å². The Balaban J connectivity index is 0.00000196. The summed E-state index contributed by atoms with van der Waals surface area (Å²) >= 11 is 0. The SMILES string of the molecule is O=C1N2C[C@@H](CC[C@H]2c2nnc(N3CCOCC3)o2)N1OS(=O)(=O)[O-].[H+]. The van der Waals surface area contributed by atoms with Crippen molar-refractivity contribution < 1.29 is 32.6 Å². The molecule has 138 valence electrons. The highest BCUT2D eigenvalue weighted by molar-refractivity contribution is 7.80. The smallest absolute Gasteiger partial charge is 0.724 e. The van der Waals surface area contributed by atoms with Gasteiger partial charge < -0.3 is 23.5 Å². The fraction of sp³-hybridized carbons (Fsp3) is 0.750. The monoisotopic (exact) mass is 375 g/mol. The molecular weight excluding hydrogens is 358 g/mol. The van der Waals surface area contributed by atoms with E-state index in [0.717, 1.165) is 0 Å². The summed E-state index contributed by atoms with van der Waals surface area (Å²) in [5.74, 6) is 0.278. The average molecular weight is 375 g/mol. The maximum Gasteiger partial charge on any atom is 1.00 e. The predicted molar refractivity (Wildman–Crippen MR) is 78.9 cm³/mol. The van der Waals surface area contributed by atoms with Gasteiger partial charge in [-0.1, -0.05) is 5.10 Å². The normalized spacial score (nSPS) is 27.2. The van der Waals surface area contributed by atoms with Crippen molar-refractivity contribution in [1.29, 1.82) is 0 Å². The molecule has 4 rings (SSSR count). The summed E-state index contributed by atoms with van der Waals surface area (Å²) < 4.78 is 47.7. The summed E-state index contributed by atoms with van der Waals surface area (Å²) in [5.41, 5.74) is 0. The van der Waals surface area contributed by atoms with E-state index in [0.29, 0.717) is 50.2 Å². The van der Waals surface area contributed by atoms with E-state index in [4.69, 9.17) is 9.15 Å². The van der Waals surface area contributed by atoms with E-state index in [1.54, 1.807) is 0 Å². The molecule has 1 aromatic rings. The minimum Gasteiger partial charge on any atom is -0.724 e. The lowest BCUT2D eigenvalue weighted by Crippen LogP contribution is -2.36. The Morgan fingerprint density at radius 1 is 1.24 bits per heavy atom. The standard InChI is InChI=1S/C12H17N5O7S/c18-12-16-7-8(17(12)24-25(19,20)21)1-2-9(16)10-13-14-11(23-10)15-3-5-22-6-4-15/h8-9H,1-7H2,(H,19,20,21)/t8-,9+/m1/s1. The quantitative estimate of drug-likeness (QED) is 0.492. The number of aromatic nitrogens is 2. The largest absolute Gasteiger partial charge is 1.00 e. The van der Waals surface area contributed by atoms with Gasteiger partial charge in [0, 0.05) is 19.6 Å². The average Bonchev–Trinajstić information content (AvgIpc) is 3.16. The molecule has 12 nitrogen and oxygen atoms in total. The Morgan fingerprint density at radius 2 is 2.00 bits per heavy atom. The lowest BCUT2D eigenvalue weighted by Gasteiger charge is -2.28. The molecule has 13 heteroatoms. The van der Waals surface area contributed by atoms with Gasteiger partial charge in [-0.15, -0.1) is 5.10 Å². The third kappa shape index (κ3) is 3.15. The topological polar surface area (TPSA) is 141 Å². The van der Waals surface area contributed by atoms with Crippen LogP contribution in [0.1, 0.15) is 26.2 Å². The number of ether oxygens (including phenoxy) is 1. The van der Waals surface area contributed by atoms with Crippen molar-refractivity contribution in [1.82, 2.24) is 20.2 Å². The van der Waals surface area contributed by atoms with Crippen molar-refractivity contribution in [2.45, 2.75) is 24.9 Å². The van der Waals surface area contributed by atoms with Crippen LogP contribution in [0.5, 0.6) is 0 Å². The van der Waals surface area contributed by atoms with Gasteiger partial charge in [-0.05, 0) is 12.8 Å². The van der Waals surface area contributed by atoms with Crippen LogP contribution >= 0.6 is 0 Å². The molecule has 1 aromatic heterocycles. The van der Waals surface area contributed by atoms with Crippen molar-refractivity contribution in [2.75, 3.05) is 37.7 Å². The van der Waals surface area contributed by atoms with Crippen LogP contribution in [-0.2, 0) is 19.4 Å². The highest BCUT2D eigenvalue weighted by Crippen LogP contribution is 2.38. The van der Waals surface area contributed by atoms with Gasteiger partial charge in [0.15, 0.2) is 0 Å². The number of fused-ring (bicyclic) bond motifs is 2. The van der Waals surface area contributed by atoms with Crippen molar-refractivity contribution in [3.05, 3.63) is 5.89 Å². The van der Waals surface area contributed by atoms with E-state index in [-0.39, 0.29) is 13.9 Å². The third-order valence-electron chi connectivity index (χ3n) is 4.49. The summed E-state index contributed by atoms with van der Waals surface area (Å²) in [6.07, 6.45) is 0.956. The molecule has 0 N–H and O–H groups in total. The molecule has 2 bridgehead atoms. The summed E-state index contributed by atoms with van der Waals surface area (Å²) in [7, 11) is -5.01. The van der Waals surface area contributed by atoms with Gasteiger partial charge in [0.25, 0.3) is 0 Å². The second-order valence-corrected chi connectivity index (χ2v) is 6.98. The van der Waals surface area contributed by atoms with Crippen LogP contribution in [0, 0.1) is 0 Å². The molecule has 2 amide bonds. The van der Waals surface area contributed by atoms with Crippen LogP contribution in [0.25, 0.3) is 0 Å². The van der Waals surface area contributed by atoms with Gasteiger partial charge in [0.05, 0.1) is 19.3 Å². The zero-order valence-corrected chi connectivity index (χ0v) is 13.9. The molecule has 0 spiro atoms. The summed E-state index contributed by atoms with van der Waals surface area (Å²) in [4.78, 5) is 15.6. The van der Waals surface area contributed by atoms with Crippen LogP contribution in [0.3, 0.4) is 0 Å². The van der Waals surface area contributed by atoms with Gasteiger partial charge in [-0.2, -0.15) is 9.35 Å². The number of hydrogen-bond donors (Lipinski definition) is 0. The van der Waals surface area contributed by atoms with E-state index in [9.17, 15) is 17.8 Å². The predicted octanol–water partition coefficient (Wildman–Crippen LogP) is -0.648. The molecule has 4 heterocycles. The maximum absolute atomic E-state index is 12.4. The lowest BCUT2D eigenvalue weighted by molar-refractivity contribution is -0.0328. The summed E-state index contributed by atoms with van der Waals surface area (Å²) in [6.45, 7) is 2.65. The molecular formula is C12H17N5O7S. The molecule has 0 aromatic carbocycles. The summed E-state index contributed by atoms with van der Waals surface area (Å²) in [5, 5.41) is 8.69. The Bertz CT molecular complexity index is 768. The molecule has 0 aliphatic carbocycles.